The van der Waals surface area contributed by atoms with Gasteiger partial charge in [-0.1, -0.05) is 23.9 Å². The number of benzene rings is 1. The normalized spacial score (nSPS) is 12.2. The van der Waals surface area contributed by atoms with Gasteiger partial charge in [-0.3, -0.25) is 9.20 Å². The highest BCUT2D eigenvalue weighted by atomic mass is 32.2. The highest BCUT2D eigenvalue weighted by Gasteiger charge is 2.16. The van der Waals surface area contributed by atoms with Crippen molar-refractivity contribution in [2.75, 3.05) is 19.5 Å². The zero-order chi connectivity index (χ0) is 18.7. The molecular weight excluding hydrogens is 348 g/mol. The number of methoxy groups -OCH3 is 1. The highest BCUT2D eigenvalue weighted by molar-refractivity contribution is 7.99. The lowest BCUT2D eigenvalue weighted by Crippen LogP contribution is -2.36. The van der Waals surface area contributed by atoms with Crippen LogP contribution in [0.25, 0.3) is 16.7 Å². The van der Waals surface area contributed by atoms with E-state index in [0.29, 0.717) is 17.8 Å². The predicted molar refractivity (Wildman–Crippen MR) is 102 cm³/mol. The van der Waals surface area contributed by atoms with Crippen LogP contribution < -0.4 is 5.32 Å². The van der Waals surface area contributed by atoms with Crippen molar-refractivity contribution in [2.24, 2.45) is 0 Å². The van der Waals surface area contributed by atoms with Gasteiger partial charge in [-0.15, -0.1) is 0 Å². The lowest BCUT2D eigenvalue weighted by atomic mass is 10.2. The van der Waals surface area contributed by atoms with E-state index in [9.17, 15) is 10.1 Å². The minimum absolute atomic E-state index is 0.0371. The summed E-state index contributed by atoms with van der Waals surface area (Å²) in [5.74, 6) is 0.222. The molecule has 2 aromatic heterocycles. The lowest BCUT2D eigenvalue weighted by molar-refractivity contribution is -0.119. The number of carbonyl (C=O) groups excluding carboxylic acids is 1. The fraction of sp³-hybridized carbons (Fsp3) is 0.316. The Morgan fingerprint density at radius 2 is 2.23 bits per heavy atom. The van der Waals surface area contributed by atoms with E-state index in [4.69, 9.17) is 4.74 Å². The van der Waals surface area contributed by atoms with Crippen molar-refractivity contribution < 1.29 is 9.53 Å². The van der Waals surface area contributed by atoms with Crippen LogP contribution >= 0.6 is 11.8 Å². The number of rotatable bonds is 6. The number of fused-ring (bicyclic) bond motifs is 3. The van der Waals surface area contributed by atoms with E-state index in [1.807, 2.05) is 48.6 Å². The Morgan fingerprint density at radius 1 is 1.46 bits per heavy atom. The molecule has 1 atom stereocenters. The number of nitrogens with zero attached hydrogens (tertiary/aromatic N) is 3. The molecule has 7 heteroatoms. The van der Waals surface area contributed by atoms with Gasteiger partial charge in [0.05, 0.1) is 34.0 Å². The number of nitrogens with one attached hydrogen (secondary N) is 1. The lowest BCUT2D eigenvalue weighted by Gasteiger charge is -2.13. The number of ether oxygens (including phenoxy) is 1. The molecule has 0 aliphatic heterocycles. The second-order valence-corrected chi connectivity index (χ2v) is 7.12. The van der Waals surface area contributed by atoms with Gasteiger partial charge in [0.2, 0.25) is 5.91 Å². The average molecular weight is 368 g/mol. The molecule has 3 rings (SSSR count). The molecule has 0 radical (unpaired) electrons. The second-order valence-electron chi connectivity index (χ2n) is 6.12. The minimum atomic E-state index is -0.0564. The van der Waals surface area contributed by atoms with Crippen molar-refractivity contribution >= 4 is 34.3 Å². The molecule has 0 saturated heterocycles. The number of carbonyl (C=O) groups is 1. The van der Waals surface area contributed by atoms with Crippen LogP contribution in [0.2, 0.25) is 0 Å². The van der Waals surface area contributed by atoms with E-state index in [2.05, 4.69) is 16.4 Å². The van der Waals surface area contributed by atoms with Crippen LogP contribution in [0.15, 0.2) is 35.4 Å². The summed E-state index contributed by atoms with van der Waals surface area (Å²) in [6.45, 7) is 4.27. The fourth-order valence-electron chi connectivity index (χ4n) is 2.91. The molecule has 0 unspecified atom stereocenters. The fourth-order valence-corrected chi connectivity index (χ4v) is 3.84. The van der Waals surface area contributed by atoms with Crippen molar-refractivity contribution in [1.29, 1.82) is 5.26 Å². The first-order valence-corrected chi connectivity index (χ1v) is 9.25. The van der Waals surface area contributed by atoms with Crippen LogP contribution in [0.4, 0.5) is 0 Å². The van der Waals surface area contributed by atoms with Crippen LogP contribution in [0.3, 0.4) is 0 Å². The molecule has 0 fully saturated rings. The Labute approximate surface area is 156 Å². The molecular formula is C19H20N4O2S. The number of hydrogen-bond acceptors (Lipinski definition) is 5. The zero-order valence-corrected chi connectivity index (χ0v) is 15.8. The van der Waals surface area contributed by atoms with Crippen molar-refractivity contribution in [3.8, 4) is 6.07 Å². The van der Waals surface area contributed by atoms with Crippen LogP contribution in [-0.4, -0.2) is 40.8 Å². The summed E-state index contributed by atoms with van der Waals surface area (Å²) in [7, 11) is 1.61. The van der Waals surface area contributed by atoms with E-state index in [1.54, 1.807) is 7.11 Å². The summed E-state index contributed by atoms with van der Waals surface area (Å²) >= 11 is 1.43. The quantitative estimate of drug-likeness (QED) is 0.677. The van der Waals surface area contributed by atoms with Crippen molar-refractivity contribution in [1.82, 2.24) is 14.7 Å². The van der Waals surface area contributed by atoms with Crippen LogP contribution in [0.5, 0.6) is 0 Å². The van der Waals surface area contributed by atoms with Crippen LogP contribution in [0, 0.1) is 18.3 Å². The molecule has 0 spiro atoms. The highest BCUT2D eigenvalue weighted by Crippen LogP contribution is 2.29. The van der Waals surface area contributed by atoms with Gasteiger partial charge in [-0.25, -0.2) is 4.98 Å². The van der Waals surface area contributed by atoms with Gasteiger partial charge in [0.15, 0.2) is 5.65 Å². The van der Waals surface area contributed by atoms with E-state index in [-0.39, 0.29) is 17.7 Å². The molecule has 3 aromatic rings. The number of thioether (sulfide) groups is 1. The molecule has 2 heterocycles. The number of aromatic nitrogens is 2. The van der Waals surface area contributed by atoms with Crippen molar-refractivity contribution in [3.05, 3.63) is 41.5 Å². The maximum atomic E-state index is 12.2. The van der Waals surface area contributed by atoms with Gasteiger partial charge >= 0.3 is 0 Å². The van der Waals surface area contributed by atoms with E-state index >= 15 is 0 Å². The maximum Gasteiger partial charge on any atom is 0.230 e. The van der Waals surface area contributed by atoms with Crippen LogP contribution in [0.1, 0.15) is 18.1 Å². The van der Waals surface area contributed by atoms with E-state index in [0.717, 1.165) is 21.6 Å². The third-order valence-electron chi connectivity index (χ3n) is 4.03. The minimum Gasteiger partial charge on any atom is -0.383 e. The summed E-state index contributed by atoms with van der Waals surface area (Å²) in [4.78, 5) is 16.8. The number of pyridine rings is 1. The summed E-state index contributed by atoms with van der Waals surface area (Å²) in [6, 6.07) is 11.9. The van der Waals surface area contributed by atoms with Gasteiger partial charge in [0, 0.05) is 13.2 Å². The summed E-state index contributed by atoms with van der Waals surface area (Å²) < 4.78 is 7.00. The van der Waals surface area contributed by atoms with Gasteiger partial charge in [0.25, 0.3) is 0 Å². The number of nitriles is 1. The Hall–Kier alpha value is -2.56. The molecule has 0 aliphatic carbocycles. The number of aryl methyl sites for hydroxylation is 1. The monoisotopic (exact) mass is 368 g/mol. The van der Waals surface area contributed by atoms with Crippen LogP contribution in [-0.2, 0) is 9.53 Å². The first-order valence-electron chi connectivity index (χ1n) is 8.27. The number of para-hydroxylation sites is 2. The number of hydrogen-bond donors (Lipinski definition) is 1. The van der Waals surface area contributed by atoms with Crippen molar-refractivity contribution in [2.45, 2.75) is 24.9 Å². The van der Waals surface area contributed by atoms with E-state index < -0.39 is 0 Å². The van der Waals surface area contributed by atoms with Gasteiger partial charge in [-0.05, 0) is 37.6 Å². The summed E-state index contributed by atoms with van der Waals surface area (Å²) in [5.41, 5.74) is 3.79. The summed E-state index contributed by atoms with van der Waals surface area (Å²) in [5, 5.41) is 13.3. The first-order chi connectivity index (χ1) is 12.5. The molecule has 0 aliphatic rings. The van der Waals surface area contributed by atoms with Gasteiger partial charge in [-0.2, -0.15) is 5.26 Å². The molecule has 1 aromatic carbocycles. The van der Waals surface area contributed by atoms with E-state index in [1.165, 1.54) is 11.8 Å². The molecule has 6 nitrogen and oxygen atoms in total. The average Bonchev–Trinajstić information content (AvgIpc) is 2.99. The molecule has 1 N–H and O–H groups in total. The molecule has 26 heavy (non-hydrogen) atoms. The smallest absolute Gasteiger partial charge is 0.230 e. The predicted octanol–water partition coefficient (Wildman–Crippen LogP) is 2.91. The first kappa shape index (κ1) is 18.2. The molecule has 1 amide bonds. The van der Waals surface area contributed by atoms with Crippen molar-refractivity contribution in [3.63, 3.8) is 0 Å². The Morgan fingerprint density at radius 3 is 2.96 bits per heavy atom. The molecule has 134 valence electrons. The zero-order valence-electron chi connectivity index (χ0n) is 14.9. The molecule has 0 bridgehead atoms. The largest absolute Gasteiger partial charge is 0.383 e. The van der Waals surface area contributed by atoms with Gasteiger partial charge in [0.1, 0.15) is 6.07 Å². The Balaban J connectivity index is 1.96. The Kier molecular flexibility index (Phi) is 5.45. The number of amides is 1. The standard InChI is InChI=1S/C19H20N4O2S/c1-12-8-18(26-11-17(24)21-13(2)10-25-3)23-16-7-5-4-6-15(16)22-19(23)14(12)9-20/h4-8,13H,10-11H2,1-3H3,(H,21,24)/t13-/m1/s1. The third kappa shape index (κ3) is 3.52. The second kappa shape index (κ2) is 7.77. The molecule has 0 saturated carbocycles. The maximum absolute atomic E-state index is 12.2. The van der Waals surface area contributed by atoms with Gasteiger partial charge < -0.3 is 10.1 Å². The Bertz CT molecular complexity index is 1010. The summed E-state index contributed by atoms with van der Waals surface area (Å²) in [6.07, 6.45) is 0. The SMILES string of the molecule is COC[C@@H](C)NC(=O)CSc1cc(C)c(C#N)c2nc3ccccc3n12. The topological polar surface area (TPSA) is 79.4 Å². The third-order valence-corrected chi connectivity index (χ3v) is 5.03. The number of imidazole rings is 1.